The van der Waals surface area contributed by atoms with Crippen LogP contribution < -0.4 is 14.5 Å². The van der Waals surface area contributed by atoms with Crippen LogP contribution in [0.5, 0.6) is 0 Å². The molecule has 208 valence electrons. The highest BCUT2D eigenvalue weighted by Gasteiger charge is 2.44. The molecule has 0 atom stereocenters. The van der Waals surface area contributed by atoms with E-state index in [4.69, 9.17) is 4.98 Å². The van der Waals surface area contributed by atoms with Crippen LogP contribution in [0.25, 0.3) is 17.1 Å². The number of aryl methyl sites for hydroxylation is 1. The van der Waals surface area contributed by atoms with Gasteiger partial charge in [0, 0.05) is 39.0 Å². The van der Waals surface area contributed by atoms with E-state index in [0.29, 0.717) is 34.0 Å². The maximum absolute atomic E-state index is 13.7. The standard InChI is InChI=1S/C26H32F2N8O2S/c1-18-24(35-13-9-26(27,28)10-14-35)30-20(16-29-18)21-17-36(33-31-21)22-4-3-19(32-39(2,37)38)15-23(22)34-11-7-25(5-6-25)8-12-34/h3-4,15-17,32H,5-14H2,1-2H3. The van der Waals surface area contributed by atoms with Gasteiger partial charge >= 0.3 is 0 Å². The molecule has 10 nitrogen and oxygen atoms in total. The van der Waals surface area contributed by atoms with Crippen molar-refractivity contribution in [3.05, 3.63) is 36.3 Å². The van der Waals surface area contributed by atoms with E-state index in [1.54, 1.807) is 23.1 Å². The molecule has 1 N–H and O–H groups in total. The molecule has 3 fully saturated rings. The summed E-state index contributed by atoms with van der Waals surface area (Å²) in [4.78, 5) is 13.3. The lowest BCUT2D eigenvalue weighted by Gasteiger charge is -2.35. The molecule has 13 heteroatoms. The summed E-state index contributed by atoms with van der Waals surface area (Å²) in [6.45, 7) is 4.02. The number of anilines is 3. The molecule has 2 aromatic heterocycles. The molecule has 2 saturated heterocycles. The van der Waals surface area contributed by atoms with Crippen molar-refractivity contribution in [1.29, 1.82) is 0 Å². The van der Waals surface area contributed by atoms with Crippen molar-refractivity contribution >= 4 is 27.2 Å². The van der Waals surface area contributed by atoms with Gasteiger partial charge in [0.15, 0.2) is 5.82 Å². The van der Waals surface area contributed by atoms with Crippen molar-refractivity contribution < 1.29 is 17.2 Å². The lowest BCUT2D eigenvalue weighted by molar-refractivity contribution is -0.0221. The Hall–Kier alpha value is -3.35. The predicted octanol–water partition coefficient (Wildman–Crippen LogP) is 4.02. The molecule has 1 aliphatic carbocycles. The summed E-state index contributed by atoms with van der Waals surface area (Å²) in [5.41, 5.74) is 4.32. The van der Waals surface area contributed by atoms with E-state index in [9.17, 15) is 17.2 Å². The van der Waals surface area contributed by atoms with Gasteiger partial charge in [0.1, 0.15) is 11.4 Å². The largest absolute Gasteiger partial charge is 0.370 e. The molecule has 0 bridgehead atoms. The number of halogens is 2. The molecule has 0 unspecified atom stereocenters. The highest BCUT2D eigenvalue weighted by atomic mass is 32.2. The number of nitrogens with zero attached hydrogens (tertiary/aromatic N) is 7. The van der Waals surface area contributed by atoms with Gasteiger partial charge < -0.3 is 9.80 Å². The van der Waals surface area contributed by atoms with Gasteiger partial charge in [-0.15, -0.1) is 5.10 Å². The average molecular weight is 559 g/mol. The number of alkyl halides is 2. The fraction of sp³-hybridized carbons (Fsp3) is 0.538. The van der Waals surface area contributed by atoms with Crippen molar-refractivity contribution in [2.24, 2.45) is 5.41 Å². The maximum Gasteiger partial charge on any atom is 0.251 e. The minimum Gasteiger partial charge on any atom is -0.370 e. The summed E-state index contributed by atoms with van der Waals surface area (Å²) >= 11 is 0. The summed E-state index contributed by atoms with van der Waals surface area (Å²) in [5, 5.41) is 8.71. The average Bonchev–Trinajstić information content (AvgIpc) is 3.45. The Bertz CT molecular complexity index is 1490. The van der Waals surface area contributed by atoms with E-state index in [2.05, 4.69) is 24.9 Å². The van der Waals surface area contributed by atoms with Gasteiger partial charge in [-0.3, -0.25) is 9.71 Å². The SMILES string of the molecule is Cc1ncc(-c2cn(-c3ccc(NS(C)(=O)=O)cc3N3CCC4(CC3)CC4)nn2)nc1N1CCC(F)(F)CC1. The number of aromatic nitrogens is 5. The first-order valence-electron chi connectivity index (χ1n) is 13.3. The van der Waals surface area contributed by atoms with Crippen molar-refractivity contribution in [3.8, 4) is 17.1 Å². The Labute approximate surface area is 226 Å². The van der Waals surface area contributed by atoms with E-state index in [1.807, 2.05) is 24.0 Å². The Balaban J connectivity index is 1.30. The van der Waals surface area contributed by atoms with E-state index >= 15 is 0 Å². The molecular formula is C26H32F2N8O2S. The van der Waals surface area contributed by atoms with Crippen molar-refractivity contribution in [1.82, 2.24) is 25.0 Å². The lowest BCUT2D eigenvalue weighted by Crippen LogP contribution is -2.40. The van der Waals surface area contributed by atoms with E-state index in [-0.39, 0.29) is 25.9 Å². The van der Waals surface area contributed by atoms with E-state index in [1.165, 1.54) is 12.8 Å². The second-order valence-electron chi connectivity index (χ2n) is 11.1. The summed E-state index contributed by atoms with van der Waals surface area (Å²) in [6.07, 6.45) is 8.90. The lowest BCUT2D eigenvalue weighted by atomic mass is 9.93. The second kappa shape index (κ2) is 9.39. The number of rotatable bonds is 6. The molecule has 2 aliphatic heterocycles. The normalized spacial score (nSPS) is 20.3. The quantitative estimate of drug-likeness (QED) is 0.483. The fourth-order valence-electron chi connectivity index (χ4n) is 5.55. The number of hydrogen-bond acceptors (Lipinski definition) is 8. The van der Waals surface area contributed by atoms with Crippen molar-refractivity contribution in [2.45, 2.75) is 51.4 Å². The van der Waals surface area contributed by atoms with Crippen LogP contribution >= 0.6 is 0 Å². The minimum absolute atomic E-state index is 0.209. The maximum atomic E-state index is 13.7. The predicted molar refractivity (Wildman–Crippen MR) is 145 cm³/mol. The van der Waals surface area contributed by atoms with Crippen LogP contribution in [0.2, 0.25) is 0 Å². The summed E-state index contributed by atoms with van der Waals surface area (Å²) < 4.78 is 55.4. The summed E-state index contributed by atoms with van der Waals surface area (Å²) in [6, 6.07) is 5.39. The van der Waals surface area contributed by atoms with Crippen LogP contribution in [0.1, 0.15) is 44.2 Å². The number of hydrogen-bond donors (Lipinski definition) is 1. The molecule has 4 heterocycles. The first-order chi connectivity index (χ1) is 18.5. The zero-order chi connectivity index (χ0) is 27.4. The first kappa shape index (κ1) is 25.9. The molecule has 0 radical (unpaired) electrons. The van der Waals surface area contributed by atoms with Gasteiger partial charge in [0.2, 0.25) is 10.0 Å². The van der Waals surface area contributed by atoms with Crippen molar-refractivity contribution in [3.63, 3.8) is 0 Å². The van der Waals surface area contributed by atoms with Gasteiger partial charge in [-0.05, 0) is 56.2 Å². The third kappa shape index (κ3) is 5.54. The smallest absolute Gasteiger partial charge is 0.251 e. The van der Waals surface area contributed by atoms with Gasteiger partial charge in [-0.1, -0.05) is 5.21 Å². The van der Waals surface area contributed by atoms with E-state index < -0.39 is 15.9 Å². The zero-order valence-electron chi connectivity index (χ0n) is 22.1. The van der Waals surface area contributed by atoms with E-state index in [0.717, 1.165) is 43.6 Å². The molecule has 3 aliphatic rings. The van der Waals surface area contributed by atoms with Gasteiger partial charge in [0.05, 0.1) is 41.4 Å². The number of nitrogens with one attached hydrogen (secondary N) is 1. The van der Waals surface area contributed by atoms with Crippen LogP contribution in [0.4, 0.5) is 26.0 Å². The highest BCUT2D eigenvalue weighted by molar-refractivity contribution is 7.92. The first-order valence-corrected chi connectivity index (χ1v) is 15.1. The zero-order valence-corrected chi connectivity index (χ0v) is 22.9. The fourth-order valence-corrected chi connectivity index (χ4v) is 6.11. The molecular weight excluding hydrogens is 526 g/mol. The third-order valence-electron chi connectivity index (χ3n) is 8.13. The Morgan fingerprint density at radius 1 is 0.923 bits per heavy atom. The molecule has 6 rings (SSSR count). The van der Waals surface area contributed by atoms with Gasteiger partial charge in [0.25, 0.3) is 5.92 Å². The highest BCUT2D eigenvalue weighted by Crippen LogP contribution is 2.54. The minimum atomic E-state index is -3.43. The molecule has 1 saturated carbocycles. The Kier molecular flexibility index (Phi) is 6.23. The molecule has 3 aromatic rings. The van der Waals surface area contributed by atoms with Gasteiger partial charge in [-0.25, -0.2) is 26.9 Å². The molecule has 39 heavy (non-hydrogen) atoms. The van der Waals surface area contributed by atoms with Crippen LogP contribution in [0.15, 0.2) is 30.6 Å². The Morgan fingerprint density at radius 2 is 1.62 bits per heavy atom. The second-order valence-corrected chi connectivity index (χ2v) is 12.9. The van der Waals surface area contributed by atoms with Crippen LogP contribution in [-0.2, 0) is 10.0 Å². The molecule has 1 aromatic carbocycles. The molecule has 0 amide bonds. The summed E-state index contributed by atoms with van der Waals surface area (Å²) in [5.74, 6) is -2.06. The number of benzene rings is 1. The topological polar surface area (TPSA) is 109 Å². The molecule has 1 spiro atoms. The van der Waals surface area contributed by atoms with Crippen LogP contribution in [0.3, 0.4) is 0 Å². The van der Waals surface area contributed by atoms with Crippen molar-refractivity contribution in [2.75, 3.05) is 47.0 Å². The van der Waals surface area contributed by atoms with Crippen LogP contribution in [-0.4, -0.2) is 71.7 Å². The number of sulfonamides is 1. The van der Waals surface area contributed by atoms with Gasteiger partial charge in [-0.2, -0.15) is 0 Å². The van der Waals surface area contributed by atoms with Crippen LogP contribution in [0, 0.1) is 12.3 Å². The third-order valence-corrected chi connectivity index (χ3v) is 8.73. The number of piperidine rings is 2. The summed E-state index contributed by atoms with van der Waals surface area (Å²) in [7, 11) is -3.43. The monoisotopic (exact) mass is 558 g/mol. The Morgan fingerprint density at radius 3 is 2.28 bits per heavy atom.